The lowest BCUT2D eigenvalue weighted by Gasteiger charge is -2.15. The summed E-state index contributed by atoms with van der Waals surface area (Å²) in [6.45, 7) is 0.341. The number of hydrogen-bond acceptors (Lipinski definition) is 3. The molecule has 0 bridgehead atoms. The number of nitrogens with one attached hydrogen (secondary N) is 2. The third-order valence-corrected chi connectivity index (χ3v) is 2.26. The maximum Gasteiger partial charge on any atom is 0.405 e. The molecule has 1 aromatic rings. The predicted molar refractivity (Wildman–Crippen MR) is 65.1 cm³/mol. The molecule has 2 amide bonds. The number of amides is 2. The normalized spacial score (nSPS) is 11.6. The third kappa shape index (κ3) is 4.84. The van der Waals surface area contributed by atoms with E-state index in [4.69, 9.17) is 9.84 Å². The van der Waals surface area contributed by atoms with Gasteiger partial charge in [0.15, 0.2) is 0 Å². The first-order valence-electron chi connectivity index (χ1n) is 5.43. The number of rotatable bonds is 6. The smallest absolute Gasteiger partial charge is 0.405 e. The van der Waals surface area contributed by atoms with Gasteiger partial charge in [0, 0.05) is 13.7 Å². The maximum atomic E-state index is 11.7. The molecule has 0 spiro atoms. The van der Waals surface area contributed by atoms with E-state index in [0.29, 0.717) is 6.54 Å². The van der Waals surface area contributed by atoms with Gasteiger partial charge in [0.2, 0.25) is 5.91 Å². The van der Waals surface area contributed by atoms with Gasteiger partial charge in [-0.1, -0.05) is 30.3 Å². The Morgan fingerprint density at radius 3 is 2.56 bits per heavy atom. The number of carbonyl (C=O) groups excluding carboxylic acids is 1. The second-order valence-electron chi connectivity index (χ2n) is 3.66. The van der Waals surface area contributed by atoms with Crippen LogP contribution in [-0.4, -0.2) is 36.9 Å². The van der Waals surface area contributed by atoms with E-state index in [9.17, 15) is 9.59 Å². The van der Waals surface area contributed by atoms with Crippen LogP contribution in [0.4, 0.5) is 4.79 Å². The Bertz CT molecular complexity index is 394. The molecule has 1 unspecified atom stereocenters. The fourth-order valence-electron chi connectivity index (χ4n) is 1.41. The molecule has 0 heterocycles. The van der Waals surface area contributed by atoms with Crippen molar-refractivity contribution in [3.8, 4) is 0 Å². The number of ether oxygens (including phenoxy) is 1. The second kappa shape index (κ2) is 7.29. The van der Waals surface area contributed by atoms with Gasteiger partial charge in [-0.2, -0.15) is 0 Å². The van der Waals surface area contributed by atoms with Crippen molar-refractivity contribution in [2.75, 3.05) is 13.7 Å². The van der Waals surface area contributed by atoms with Gasteiger partial charge in [-0.3, -0.25) is 4.79 Å². The Kier molecular flexibility index (Phi) is 5.66. The molecule has 98 valence electrons. The Hall–Kier alpha value is -2.08. The van der Waals surface area contributed by atoms with Gasteiger partial charge in [0.05, 0.1) is 6.61 Å². The topological polar surface area (TPSA) is 87.7 Å². The zero-order valence-corrected chi connectivity index (χ0v) is 10.1. The summed E-state index contributed by atoms with van der Waals surface area (Å²) in [5.41, 5.74) is 0.942. The van der Waals surface area contributed by atoms with Gasteiger partial charge >= 0.3 is 6.09 Å². The summed E-state index contributed by atoms with van der Waals surface area (Å²) >= 11 is 0. The molecule has 3 N–H and O–H groups in total. The van der Waals surface area contributed by atoms with Crippen LogP contribution in [0.1, 0.15) is 5.56 Å². The van der Waals surface area contributed by atoms with Crippen LogP contribution >= 0.6 is 0 Å². The van der Waals surface area contributed by atoms with E-state index in [2.05, 4.69) is 10.6 Å². The van der Waals surface area contributed by atoms with E-state index in [1.165, 1.54) is 7.11 Å². The fraction of sp³-hybridized carbons (Fsp3) is 0.333. The first-order chi connectivity index (χ1) is 8.63. The monoisotopic (exact) mass is 252 g/mol. The lowest BCUT2D eigenvalue weighted by atomic mass is 10.2. The van der Waals surface area contributed by atoms with Crippen molar-refractivity contribution in [1.29, 1.82) is 0 Å². The van der Waals surface area contributed by atoms with Crippen LogP contribution in [0.2, 0.25) is 0 Å². The zero-order chi connectivity index (χ0) is 13.4. The van der Waals surface area contributed by atoms with E-state index in [-0.39, 0.29) is 6.61 Å². The quantitative estimate of drug-likeness (QED) is 0.691. The van der Waals surface area contributed by atoms with Crippen molar-refractivity contribution in [3.63, 3.8) is 0 Å². The molecule has 1 rings (SSSR count). The number of carboxylic acid groups (broad SMARTS) is 1. The average Bonchev–Trinajstić information content (AvgIpc) is 2.36. The Morgan fingerprint density at radius 1 is 1.33 bits per heavy atom. The summed E-state index contributed by atoms with van der Waals surface area (Å²) in [5, 5.41) is 13.3. The molecule has 1 aromatic carbocycles. The molecule has 0 aromatic heterocycles. The molecule has 6 heteroatoms. The Morgan fingerprint density at radius 2 is 2.00 bits per heavy atom. The van der Waals surface area contributed by atoms with Crippen LogP contribution < -0.4 is 10.6 Å². The van der Waals surface area contributed by atoms with Gasteiger partial charge in [-0.05, 0) is 5.56 Å². The molecular formula is C12H16N2O4. The van der Waals surface area contributed by atoms with Gasteiger partial charge < -0.3 is 20.5 Å². The number of carbonyl (C=O) groups is 2. The van der Waals surface area contributed by atoms with Crippen molar-refractivity contribution >= 4 is 12.0 Å². The number of hydrogen-bond donors (Lipinski definition) is 3. The summed E-state index contributed by atoms with van der Waals surface area (Å²) in [6, 6.07) is 8.45. The van der Waals surface area contributed by atoms with Crippen molar-refractivity contribution < 1.29 is 19.4 Å². The van der Waals surface area contributed by atoms with Gasteiger partial charge in [-0.25, -0.2) is 4.79 Å². The maximum absolute atomic E-state index is 11.7. The summed E-state index contributed by atoms with van der Waals surface area (Å²) in [7, 11) is 1.40. The summed E-state index contributed by atoms with van der Waals surface area (Å²) in [6.07, 6.45) is -1.26. The molecule has 0 fully saturated rings. The molecule has 0 radical (unpaired) electrons. The molecule has 18 heavy (non-hydrogen) atoms. The zero-order valence-electron chi connectivity index (χ0n) is 10.1. The molecule has 0 aliphatic carbocycles. The van der Waals surface area contributed by atoms with Crippen LogP contribution in [0.3, 0.4) is 0 Å². The largest absolute Gasteiger partial charge is 0.465 e. The highest BCUT2D eigenvalue weighted by atomic mass is 16.5. The first kappa shape index (κ1) is 14.0. The van der Waals surface area contributed by atoms with Crippen molar-refractivity contribution in [2.45, 2.75) is 12.6 Å². The minimum Gasteiger partial charge on any atom is -0.465 e. The van der Waals surface area contributed by atoms with E-state index in [1.54, 1.807) is 0 Å². The van der Waals surface area contributed by atoms with Crippen molar-refractivity contribution in [1.82, 2.24) is 10.6 Å². The lowest BCUT2D eigenvalue weighted by Crippen LogP contribution is -2.48. The summed E-state index contributed by atoms with van der Waals surface area (Å²) in [4.78, 5) is 22.2. The fourth-order valence-corrected chi connectivity index (χ4v) is 1.41. The predicted octanol–water partition coefficient (Wildman–Crippen LogP) is 0.585. The van der Waals surface area contributed by atoms with Crippen LogP contribution in [0.15, 0.2) is 30.3 Å². The lowest BCUT2D eigenvalue weighted by molar-refractivity contribution is -0.124. The number of methoxy groups -OCH3 is 1. The second-order valence-corrected chi connectivity index (χ2v) is 3.66. The van der Waals surface area contributed by atoms with Crippen LogP contribution in [-0.2, 0) is 16.1 Å². The Balaban J connectivity index is 2.48. The van der Waals surface area contributed by atoms with Crippen LogP contribution in [0.25, 0.3) is 0 Å². The van der Waals surface area contributed by atoms with Crippen LogP contribution in [0, 0.1) is 0 Å². The van der Waals surface area contributed by atoms with Gasteiger partial charge in [0.25, 0.3) is 0 Å². The van der Waals surface area contributed by atoms with Crippen LogP contribution in [0.5, 0.6) is 0 Å². The highest BCUT2D eigenvalue weighted by Crippen LogP contribution is 1.97. The molecule has 1 atom stereocenters. The molecule has 0 aliphatic rings. The standard InChI is InChI=1S/C12H16N2O4/c1-18-8-10(14-12(16)17)11(15)13-7-9-5-3-2-4-6-9/h2-6,10,14H,7-8H2,1H3,(H,13,15)(H,16,17). The highest BCUT2D eigenvalue weighted by molar-refractivity contribution is 5.85. The SMILES string of the molecule is COCC(NC(=O)O)C(=O)NCc1ccccc1. The molecule has 0 saturated heterocycles. The molecular weight excluding hydrogens is 236 g/mol. The van der Waals surface area contributed by atoms with Crippen molar-refractivity contribution in [3.05, 3.63) is 35.9 Å². The highest BCUT2D eigenvalue weighted by Gasteiger charge is 2.19. The van der Waals surface area contributed by atoms with E-state index < -0.39 is 18.0 Å². The Labute approximate surface area is 105 Å². The minimum absolute atomic E-state index is 0.00702. The van der Waals surface area contributed by atoms with Gasteiger partial charge in [0.1, 0.15) is 6.04 Å². The van der Waals surface area contributed by atoms with E-state index >= 15 is 0 Å². The number of benzene rings is 1. The minimum atomic E-state index is -1.26. The van der Waals surface area contributed by atoms with E-state index in [0.717, 1.165) is 5.56 Å². The van der Waals surface area contributed by atoms with Crippen molar-refractivity contribution in [2.24, 2.45) is 0 Å². The summed E-state index contributed by atoms with van der Waals surface area (Å²) < 4.78 is 4.79. The molecule has 0 aliphatic heterocycles. The van der Waals surface area contributed by atoms with Gasteiger partial charge in [-0.15, -0.1) is 0 Å². The van der Waals surface area contributed by atoms with E-state index in [1.807, 2.05) is 30.3 Å². The molecule has 0 saturated carbocycles. The third-order valence-electron chi connectivity index (χ3n) is 2.26. The first-order valence-corrected chi connectivity index (χ1v) is 5.43. The average molecular weight is 252 g/mol. The summed E-state index contributed by atoms with van der Waals surface area (Å²) in [5.74, 6) is -0.414. The molecule has 6 nitrogen and oxygen atoms in total.